The highest BCUT2D eigenvalue weighted by atomic mass is 35.5. The summed E-state index contributed by atoms with van der Waals surface area (Å²) in [4.78, 5) is 13.4. The predicted octanol–water partition coefficient (Wildman–Crippen LogP) is 3.82. The van der Waals surface area contributed by atoms with Crippen LogP contribution in [-0.2, 0) is 11.3 Å². The second-order valence-corrected chi connectivity index (χ2v) is 5.74. The summed E-state index contributed by atoms with van der Waals surface area (Å²) >= 11 is 11.9. The largest absolute Gasteiger partial charge is 0.480 e. The fourth-order valence-corrected chi connectivity index (χ4v) is 2.83. The first-order valence-electron chi connectivity index (χ1n) is 6.48. The van der Waals surface area contributed by atoms with Crippen molar-refractivity contribution in [3.8, 4) is 0 Å². The van der Waals surface area contributed by atoms with Gasteiger partial charge in [-0.3, -0.25) is 9.69 Å². The normalized spacial score (nSPS) is 21.1. The fraction of sp³-hybridized carbons (Fsp3) is 0.500. The lowest BCUT2D eigenvalue weighted by Gasteiger charge is -2.26. The van der Waals surface area contributed by atoms with Crippen LogP contribution in [0.1, 0.15) is 31.2 Å². The molecule has 1 unspecified atom stereocenters. The Morgan fingerprint density at radius 1 is 1.26 bits per heavy atom. The highest BCUT2D eigenvalue weighted by molar-refractivity contribution is 6.42. The van der Waals surface area contributed by atoms with E-state index in [1.54, 1.807) is 6.07 Å². The van der Waals surface area contributed by atoms with Gasteiger partial charge in [-0.05, 0) is 37.1 Å². The monoisotopic (exact) mass is 301 g/mol. The van der Waals surface area contributed by atoms with E-state index >= 15 is 0 Å². The lowest BCUT2D eigenvalue weighted by Crippen LogP contribution is -2.40. The number of rotatable bonds is 3. The van der Waals surface area contributed by atoms with E-state index in [-0.39, 0.29) is 0 Å². The maximum absolute atomic E-state index is 11.3. The van der Waals surface area contributed by atoms with Crippen LogP contribution >= 0.6 is 23.2 Å². The molecule has 0 amide bonds. The first-order valence-corrected chi connectivity index (χ1v) is 7.24. The number of aliphatic carboxylic acids is 1. The molecule has 0 aromatic heterocycles. The Morgan fingerprint density at radius 2 is 2.05 bits per heavy atom. The van der Waals surface area contributed by atoms with Crippen molar-refractivity contribution in [2.75, 3.05) is 6.54 Å². The van der Waals surface area contributed by atoms with Crippen molar-refractivity contribution in [1.82, 2.24) is 4.90 Å². The van der Waals surface area contributed by atoms with E-state index in [2.05, 4.69) is 0 Å². The zero-order valence-corrected chi connectivity index (χ0v) is 12.1. The van der Waals surface area contributed by atoms with Gasteiger partial charge < -0.3 is 5.11 Å². The summed E-state index contributed by atoms with van der Waals surface area (Å²) in [7, 11) is 0. The van der Waals surface area contributed by atoms with Crippen LogP contribution in [0.25, 0.3) is 0 Å². The number of benzene rings is 1. The topological polar surface area (TPSA) is 40.5 Å². The molecule has 0 saturated carbocycles. The number of carboxylic acids is 1. The van der Waals surface area contributed by atoms with Gasteiger partial charge in [0.15, 0.2) is 0 Å². The Labute approximate surface area is 123 Å². The molecule has 0 spiro atoms. The number of halogens is 2. The van der Waals surface area contributed by atoms with E-state index in [1.807, 2.05) is 17.0 Å². The van der Waals surface area contributed by atoms with E-state index in [0.717, 1.165) is 37.8 Å². The van der Waals surface area contributed by atoms with Crippen molar-refractivity contribution in [2.24, 2.45) is 0 Å². The molecule has 0 radical (unpaired) electrons. The molecular weight excluding hydrogens is 285 g/mol. The van der Waals surface area contributed by atoms with Crippen molar-refractivity contribution < 1.29 is 9.90 Å². The Balaban J connectivity index is 2.13. The zero-order chi connectivity index (χ0) is 13.8. The van der Waals surface area contributed by atoms with E-state index in [4.69, 9.17) is 23.2 Å². The molecular formula is C14H17Cl2NO2. The maximum atomic E-state index is 11.3. The van der Waals surface area contributed by atoms with Crippen molar-refractivity contribution in [2.45, 2.75) is 38.3 Å². The third kappa shape index (κ3) is 3.85. The summed E-state index contributed by atoms with van der Waals surface area (Å²) in [5.41, 5.74) is 1.00. The van der Waals surface area contributed by atoms with E-state index in [1.165, 1.54) is 0 Å². The first kappa shape index (κ1) is 14.6. The van der Waals surface area contributed by atoms with E-state index in [9.17, 15) is 9.90 Å². The van der Waals surface area contributed by atoms with E-state index < -0.39 is 12.0 Å². The lowest BCUT2D eigenvalue weighted by molar-refractivity contribution is -0.143. The molecule has 3 nitrogen and oxygen atoms in total. The van der Waals surface area contributed by atoms with Gasteiger partial charge in [-0.15, -0.1) is 0 Å². The summed E-state index contributed by atoms with van der Waals surface area (Å²) in [6.07, 6.45) is 3.85. The fourth-order valence-electron chi connectivity index (χ4n) is 2.51. The minimum Gasteiger partial charge on any atom is -0.480 e. The van der Waals surface area contributed by atoms with Gasteiger partial charge in [0, 0.05) is 6.54 Å². The molecule has 5 heteroatoms. The molecule has 2 rings (SSSR count). The minimum absolute atomic E-state index is 0.392. The molecule has 1 aromatic carbocycles. The van der Waals surface area contributed by atoms with Gasteiger partial charge in [-0.2, -0.15) is 0 Å². The van der Waals surface area contributed by atoms with Crippen LogP contribution in [0, 0.1) is 0 Å². The summed E-state index contributed by atoms with van der Waals surface area (Å²) in [5, 5.41) is 10.4. The van der Waals surface area contributed by atoms with Crippen LogP contribution in [0.4, 0.5) is 0 Å². The Bertz CT molecular complexity index is 465. The van der Waals surface area contributed by atoms with Gasteiger partial charge in [0.05, 0.1) is 10.0 Å². The van der Waals surface area contributed by atoms with Crippen molar-refractivity contribution in [3.63, 3.8) is 0 Å². The van der Waals surface area contributed by atoms with Crippen molar-refractivity contribution in [3.05, 3.63) is 33.8 Å². The van der Waals surface area contributed by atoms with Gasteiger partial charge in [-0.25, -0.2) is 0 Å². The van der Waals surface area contributed by atoms with Crippen LogP contribution in [0.2, 0.25) is 10.0 Å². The number of likely N-dealkylation sites (tertiary alicyclic amines) is 1. The molecule has 104 valence electrons. The first-order chi connectivity index (χ1) is 9.08. The number of carbonyl (C=O) groups is 1. The second-order valence-electron chi connectivity index (χ2n) is 4.92. The summed E-state index contributed by atoms with van der Waals surface area (Å²) in [6.45, 7) is 1.42. The standard InChI is InChI=1S/C14H17Cl2NO2/c15-11-6-5-10(8-12(11)16)9-17-7-3-1-2-4-13(17)14(18)19/h5-6,8,13H,1-4,7,9H2,(H,18,19). The van der Waals surface area contributed by atoms with Crippen LogP contribution in [0.3, 0.4) is 0 Å². The van der Waals surface area contributed by atoms with Gasteiger partial charge >= 0.3 is 5.97 Å². The Hall–Kier alpha value is -0.770. The third-order valence-electron chi connectivity index (χ3n) is 3.52. The molecule has 0 aliphatic carbocycles. The number of hydrogen-bond acceptors (Lipinski definition) is 2. The maximum Gasteiger partial charge on any atom is 0.320 e. The van der Waals surface area contributed by atoms with Gasteiger partial charge in [0.2, 0.25) is 0 Å². The average molecular weight is 302 g/mol. The van der Waals surface area contributed by atoms with Crippen LogP contribution in [-0.4, -0.2) is 28.6 Å². The minimum atomic E-state index is -0.734. The molecule has 1 saturated heterocycles. The smallest absolute Gasteiger partial charge is 0.320 e. The van der Waals surface area contributed by atoms with Crippen LogP contribution in [0.15, 0.2) is 18.2 Å². The molecule has 1 aliphatic rings. The van der Waals surface area contributed by atoms with E-state index in [0.29, 0.717) is 16.6 Å². The quantitative estimate of drug-likeness (QED) is 0.922. The number of nitrogens with zero attached hydrogens (tertiary/aromatic N) is 1. The SMILES string of the molecule is O=C(O)C1CCCCCN1Cc1ccc(Cl)c(Cl)c1. The Kier molecular flexibility index (Phi) is 5.08. The van der Waals surface area contributed by atoms with Crippen molar-refractivity contribution >= 4 is 29.2 Å². The summed E-state index contributed by atoms with van der Waals surface area (Å²) < 4.78 is 0. The van der Waals surface area contributed by atoms with Crippen molar-refractivity contribution in [1.29, 1.82) is 0 Å². The van der Waals surface area contributed by atoms with Gasteiger partial charge in [-0.1, -0.05) is 42.1 Å². The number of hydrogen-bond donors (Lipinski definition) is 1. The van der Waals surface area contributed by atoms with Crippen LogP contribution in [0.5, 0.6) is 0 Å². The lowest BCUT2D eigenvalue weighted by atomic mass is 10.1. The average Bonchev–Trinajstić information content (AvgIpc) is 2.59. The third-order valence-corrected chi connectivity index (χ3v) is 4.26. The van der Waals surface area contributed by atoms with Crippen LogP contribution < -0.4 is 0 Å². The molecule has 0 bridgehead atoms. The molecule has 1 aliphatic heterocycles. The highest BCUT2D eigenvalue weighted by Gasteiger charge is 2.26. The second kappa shape index (κ2) is 6.60. The molecule has 1 N–H and O–H groups in total. The molecule has 1 atom stereocenters. The highest BCUT2D eigenvalue weighted by Crippen LogP contribution is 2.25. The van der Waals surface area contributed by atoms with Gasteiger partial charge in [0.25, 0.3) is 0 Å². The summed E-state index contributed by atoms with van der Waals surface area (Å²) in [5.74, 6) is -0.734. The summed E-state index contributed by atoms with van der Waals surface area (Å²) in [6, 6.07) is 5.08. The molecule has 1 heterocycles. The predicted molar refractivity (Wildman–Crippen MR) is 76.8 cm³/mol. The Morgan fingerprint density at radius 3 is 2.74 bits per heavy atom. The number of carboxylic acid groups (broad SMARTS) is 1. The molecule has 1 fully saturated rings. The van der Waals surface area contributed by atoms with Gasteiger partial charge in [0.1, 0.15) is 6.04 Å². The molecule has 1 aromatic rings. The molecule has 19 heavy (non-hydrogen) atoms. The zero-order valence-electron chi connectivity index (χ0n) is 10.6.